The monoisotopic (exact) mass is 439 g/mol. The fraction of sp³-hybridized carbons (Fsp3) is 0.706. The van der Waals surface area contributed by atoms with Crippen molar-refractivity contribution in [1.29, 1.82) is 0 Å². The molecule has 28 heavy (non-hydrogen) atoms. The van der Waals surface area contributed by atoms with Crippen LogP contribution in [0.2, 0.25) is 0 Å². The molecule has 0 saturated carbocycles. The number of aliphatic hydroxyl groups is 1. The number of aromatic nitrogens is 1. The molecular weight excluding hydrogens is 408 g/mol. The molecule has 1 aromatic heterocycles. The molecule has 11 heteroatoms. The highest BCUT2D eigenvalue weighted by molar-refractivity contribution is 7.71. The van der Waals surface area contributed by atoms with Crippen molar-refractivity contribution in [3.63, 3.8) is 0 Å². The van der Waals surface area contributed by atoms with E-state index in [2.05, 4.69) is 20.8 Å². The molecule has 3 unspecified atom stereocenters. The molecule has 0 aliphatic heterocycles. The molecule has 0 radical (unpaired) electrons. The Kier molecular flexibility index (Phi) is 9.29. The standard InChI is InChI=1S/C17H31NO8P2/c1-14(2)6-4-7-15(3)9-11-26-16-8-5-10-18(12-16)13-17(19,27(20,21)22)28(23,24)25/h5,8,10,12,14-15,19H,4,6-7,9,11,13H2,1-3H3,(H3-,20,21,22,23,24,25). The van der Waals surface area contributed by atoms with Gasteiger partial charge in [-0.25, -0.2) is 0 Å². The summed E-state index contributed by atoms with van der Waals surface area (Å²) in [5, 5.41) is 6.33. The maximum atomic E-state index is 11.4. The topological polar surface area (TPSA) is 151 Å². The largest absolute Gasteiger partial charge is 0.776 e. The van der Waals surface area contributed by atoms with Gasteiger partial charge in [-0.15, -0.1) is 0 Å². The van der Waals surface area contributed by atoms with Crippen LogP contribution in [-0.2, 0) is 15.7 Å². The summed E-state index contributed by atoms with van der Waals surface area (Å²) >= 11 is 0. The van der Waals surface area contributed by atoms with Gasteiger partial charge >= 0.3 is 7.60 Å². The molecule has 0 aliphatic rings. The summed E-state index contributed by atoms with van der Waals surface area (Å²) in [6.07, 6.45) is 6.87. The maximum absolute atomic E-state index is 11.4. The molecule has 9 nitrogen and oxygen atoms in total. The number of rotatable bonds is 12. The summed E-state index contributed by atoms with van der Waals surface area (Å²) in [6.45, 7) is 5.90. The van der Waals surface area contributed by atoms with Gasteiger partial charge in [-0.2, -0.15) is 4.57 Å². The normalized spacial score (nSPS) is 17.8. The van der Waals surface area contributed by atoms with Crippen molar-refractivity contribution in [2.75, 3.05) is 6.61 Å². The van der Waals surface area contributed by atoms with Gasteiger partial charge < -0.3 is 34.0 Å². The third-order valence-electron chi connectivity index (χ3n) is 4.50. The van der Waals surface area contributed by atoms with E-state index in [0.29, 0.717) is 24.2 Å². The van der Waals surface area contributed by atoms with Crippen molar-refractivity contribution in [3.05, 3.63) is 24.5 Å². The number of hydrogen-bond acceptors (Lipinski definition) is 5. The van der Waals surface area contributed by atoms with E-state index in [1.165, 1.54) is 24.9 Å². The third-order valence-corrected chi connectivity index (χ3v) is 8.16. The first-order chi connectivity index (χ1) is 12.8. The van der Waals surface area contributed by atoms with Gasteiger partial charge in [-0.3, -0.25) is 4.57 Å². The fourth-order valence-electron chi connectivity index (χ4n) is 2.67. The molecule has 0 spiro atoms. The Morgan fingerprint density at radius 3 is 2.36 bits per heavy atom. The summed E-state index contributed by atoms with van der Waals surface area (Å²) in [5.41, 5.74) is 0. The quantitative estimate of drug-likeness (QED) is 0.283. The lowest BCUT2D eigenvalue weighted by molar-refractivity contribution is -0.704. The van der Waals surface area contributed by atoms with E-state index < -0.39 is 26.8 Å². The zero-order valence-corrected chi connectivity index (χ0v) is 18.3. The van der Waals surface area contributed by atoms with Crippen LogP contribution in [0, 0.1) is 11.8 Å². The molecule has 162 valence electrons. The summed E-state index contributed by atoms with van der Waals surface area (Å²) in [5.74, 6) is 1.51. The van der Waals surface area contributed by atoms with Gasteiger partial charge in [0, 0.05) is 6.07 Å². The van der Waals surface area contributed by atoms with Crippen molar-refractivity contribution in [2.45, 2.75) is 58.1 Å². The minimum absolute atomic E-state index is 0.351. The number of ether oxygens (including phenoxy) is 1. The number of hydrogen-bond donors (Lipinski definition) is 4. The summed E-state index contributed by atoms with van der Waals surface area (Å²) < 4.78 is 29.5. The second kappa shape index (κ2) is 10.3. The van der Waals surface area contributed by atoms with Crippen LogP contribution in [0.3, 0.4) is 0 Å². The van der Waals surface area contributed by atoms with Crippen LogP contribution in [0.25, 0.3) is 0 Å². The Balaban J connectivity index is 2.69. The molecule has 0 fully saturated rings. The molecule has 0 saturated heterocycles. The van der Waals surface area contributed by atoms with E-state index in [9.17, 15) is 28.9 Å². The van der Waals surface area contributed by atoms with Gasteiger partial charge in [0.05, 0.1) is 6.61 Å². The number of nitrogens with zero attached hydrogens (tertiary/aromatic N) is 1. The average molecular weight is 439 g/mol. The van der Waals surface area contributed by atoms with Crippen molar-refractivity contribution in [1.82, 2.24) is 0 Å². The third kappa shape index (κ3) is 7.56. The van der Waals surface area contributed by atoms with E-state index in [0.717, 1.165) is 23.8 Å². The smallest absolute Gasteiger partial charge is 0.372 e. The van der Waals surface area contributed by atoms with Crippen LogP contribution in [0.5, 0.6) is 5.75 Å². The Bertz CT molecular complexity index is 693. The fourth-order valence-corrected chi connectivity index (χ4v) is 4.68. The zero-order valence-electron chi connectivity index (χ0n) is 16.5. The minimum Gasteiger partial charge on any atom is -0.776 e. The molecule has 0 bridgehead atoms. The lowest BCUT2D eigenvalue weighted by Crippen LogP contribution is -2.49. The van der Waals surface area contributed by atoms with E-state index in [1.807, 2.05) is 0 Å². The Hall–Kier alpha value is -0.790. The first-order valence-corrected chi connectivity index (χ1v) is 12.4. The van der Waals surface area contributed by atoms with E-state index in [-0.39, 0.29) is 0 Å². The van der Waals surface area contributed by atoms with E-state index in [1.54, 1.807) is 6.07 Å². The van der Waals surface area contributed by atoms with Crippen molar-refractivity contribution >= 4 is 15.2 Å². The van der Waals surface area contributed by atoms with Gasteiger partial charge in [0.2, 0.25) is 6.20 Å². The highest BCUT2D eigenvalue weighted by atomic mass is 31.2. The van der Waals surface area contributed by atoms with Crippen molar-refractivity contribution < 1.29 is 43.1 Å². The molecular formula is C17H31NO8P2. The van der Waals surface area contributed by atoms with Crippen molar-refractivity contribution in [2.24, 2.45) is 11.8 Å². The Labute approximate surface area is 165 Å². The van der Waals surface area contributed by atoms with Crippen LogP contribution >= 0.6 is 15.2 Å². The second-order valence-electron chi connectivity index (χ2n) is 7.62. The van der Waals surface area contributed by atoms with Gasteiger partial charge in [0.15, 0.2) is 26.1 Å². The van der Waals surface area contributed by atoms with E-state index >= 15 is 0 Å². The molecule has 0 amide bonds. The van der Waals surface area contributed by atoms with E-state index in [4.69, 9.17) is 9.63 Å². The molecule has 3 atom stereocenters. The average Bonchev–Trinajstić information content (AvgIpc) is 2.52. The van der Waals surface area contributed by atoms with Crippen molar-refractivity contribution in [3.8, 4) is 5.75 Å². The van der Waals surface area contributed by atoms with Gasteiger partial charge in [0.1, 0.15) is 0 Å². The highest BCUT2D eigenvalue weighted by Gasteiger charge is 2.57. The predicted molar refractivity (Wildman–Crippen MR) is 101 cm³/mol. The molecule has 0 aromatic carbocycles. The molecule has 0 aliphatic carbocycles. The van der Waals surface area contributed by atoms with Gasteiger partial charge in [-0.1, -0.05) is 40.0 Å². The summed E-state index contributed by atoms with van der Waals surface area (Å²) in [4.78, 5) is 38.9. The molecule has 1 heterocycles. The first-order valence-electron chi connectivity index (χ1n) is 9.20. The first kappa shape index (κ1) is 25.2. The second-order valence-corrected chi connectivity index (χ2v) is 11.6. The van der Waals surface area contributed by atoms with Crippen LogP contribution in [0.15, 0.2) is 24.5 Å². The lowest BCUT2D eigenvalue weighted by atomic mass is 9.98. The summed E-state index contributed by atoms with van der Waals surface area (Å²) in [6, 6.07) is 3.08. The highest BCUT2D eigenvalue weighted by Crippen LogP contribution is 2.65. The Morgan fingerprint density at radius 1 is 1.18 bits per heavy atom. The van der Waals surface area contributed by atoms with Crippen LogP contribution in [-0.4, -0.2) is 31.5 Å². The number of pyridine rings is 1. The zero-order chi connectivity index (χ0) is 21.6. The van der Waals surface area contributed by atoms with Crippen LogP contribution in [0.1, 0.15) is 46.5 Å². The predicted octanol–water partition coefficient (Wildman–Crippen LogP) is 1.57. The van der Waals surface area contributed by atoms with Gasteiger partial charge in [0.25, 0.3) is 5.08 Å². The molecule has 4 N–H and O–H groups in total. The molecule has 1 rings (SSSR count). The SMILES string of the molecule is CC(C)CCCC(C)CCOc1ccc[n+](CC(O)(P(=O)([O-])O)P(=O)(O)O)c1. The van der Waals surface area contributed by atoms with Crippen LogP contribution in [0.4, 0.5) is 0 Å². The Morgan fingerprint density at radius 2 is 1.82 bits per heavy atom. The molecule has 1 aromatic rings. The van der Waals surface area contributed by atoms with Gasteiger partial charge in [-0.05, 0) is 24.3 Å². The summed E-state index contributed by atoms with van der Waals surface area (Å²) in [7, 11) is -11.3. The minimum atomic E-state index is -5.76. The maximum Gasteiger partial charge on any atom is 0.372 e. The van der Waals surface area contributed by atoms with Crippen LogP contribution < -0.4 is 14.2 Å². The lowest BCUT2D eigenvalue weighted by Gasteiger charge is -2.33.